The Hall–Kier alpha value is -3.13. The monoisotopic (exact) mass is 496 g/mol. The van der Waals surface area contributed by atoms with Crippen molar-refractivity contribution in [1.82, 2.24) is 9.80 Å². The van der Waals surface area contributed by atoms with Gasteiger partial charge in [0.05, 0.1) is 20.8 Å². The molecule has 36 heavy (non-hydrogen) atoms. The zero-order chi connectivity index (χ0) is 24.9. The number of ether oxygens (including phenoxy) is 5. The van der Waals surface area contributed by atoms with Crippen LogP contribution in [0.4, 0.5) is 0 Å². The Morgan fingerprint density at radius 2 is 1.72 bits per heavy atom. The SMILES string of the molecule is COc1cc2c(cc1OC)CN(C(=O)CCN1CCC(CCOc3ccc4c(c3)OCO4)CC1)CC2. The van der Waals surface area contributed by atoms with Crippen LogP contribution in [0, 0.1) is 5.92 Å². The number of rotatable bonds is 9. The van der Waals surface area contributed by atoms with E-state index in [1.807, 2.05) is 35.2 Å². The normalized spacial score (nSPS) is 17.6. The van der Waals surface area contributed by atoms with Crippen LogP contribution in [0.25, 0.3) is 0 Å². The Morgan fingerprint density at radius 3 is 2.50 bits per heavy atom. The molecule has 0 spiro atoms. The molecule has 0 saturated carbocycles. The van der Waals surface area contributed by atoms with Crippen molar-refractivity contribution in [2.45, 2.75) is 38.6 Å². The van der Waals surface area contributed by atoms with Crippen molar-refractivity contribution >= 4 is 5.91 Å². The molecule has 3 aliphatic heterocycles. The molecule has 0 unspecified atom stereocenters. The summed E-state index contributed by atoms with van der Waals surface area (Å²) in [6.45, 7) is 5.29. The van der Waals surface area contributed by atoms with Gasteiger partial charge < -0.3 is 33.5 Å². The first-order valence-corrected chi connectivity index (χ1v) is 12.9. The minimum absolute atomic E-state index is 0.231. The highest BCUT2D eigenvalue weighted by molar-refractivity contribution is 5.76. The van der Waals surface area contributed by atoms with Crippen LogP contribution in [0.3, 0.4) is 0 Å². The van der Waals surface area contributed by atoms with Gasteiger partial charge in [0.1, 0.15) is 5.75 Å². The van der Waals surface area contributed by atoms with Gasteiger partial charge in [-0.25, -0.2) is 0 Å². The highest BCUT2D eigenvalue weighted by Gasteiger charge is 2.25. The Morgan fingerprint density at radius 1 is 0.972 bits per heavy atom. The van der Waals surface area contributed by atoms with Crippen molar-refractivity contribution in [3.63, 3.8) is 0 Å². The summed E-state index contributed by atoms with van der Waals surface area (Å²) in [7, 11) is 3.30. The largest absolute Gasteiger partial charge is 0.493 e. The van der Waals surface area contributed by atoms with Crippen molar-refractivity contribution in [2.75, 3.05) is 53.8 Å². The summed E-state index contributed by atoms with van der Waals surface area (Å²) in [6.07, 6.45) is 4.76. The predicted molar refractivity (Wildman–Crippen MR) is 135 cm³/mol. The van der Waals surface area contributed by atoms with Gasteiger partial charge in [-0.15, -0.1) is 0 Å². The minimum atomic E-state index is 0.231. The van der Waals surface area contributed by atoms with Crippen molar-refractivity contribution in [3.8, 4) is 28.7 Å². The van der Waals surface area contributed by atoms with Crippen molar-refractivity contribution < 1.29 is 28.5 Å². The van der Waals surface area contributed by atoms with Gasteiger partial charge >= 0.3 is 0 Å². The molecular formula is C28H36N2O6. The first-order chi connectivity index (χ1) is 17.6. The fraction of sp³-hybridized carbons (Fsp3) is 0.536. The molecule has 8 nitrogen and oxygen atoms in total. The predicted octanol–water partition coefficient (Wildman–Crippen LogP) is 3.89. The molecule has 0 N–H and O–H groups in total. The number of nitrogens with zero attached hydrogens (tertiary/aromatic N) is 2. The lowest BCUT2D eigenvalue weighted by atomic mass is 9.94. The number of amides is 1. The van der Waals surface area contributed by atoms with Crippen molar-refractivity contribution in [1.29, 1.82) is 0 Å². The van der Waals surface area contributed by atoms with E-state index in [2.05, 4.69) is 4.90 Å². The topological polar surface area (TPSA) is 69.7 Å². The summed E-state index contributed by atoms with van der Waals surface area (Å²) >= 11 is 0. The van der Waals surface area contributed by atoms with Gasteiger partial charge in [-0.2, -0.15) is 0 Å². The molecule has 3 aliphatic rings. The fourth-order valence-corrected chi connectivity index (χ4v) is 5.32. The second-order valence-corrected chi connectivity index (χ2v) is 9.73. The average molecular weight is 497 g/mol. The molecule has 1 amide bonds. The lowest BCUT2D eigenvalue weighted by molar-refractivity contribution is -0.132. The summed E-state index contributed by atoms with van der Waals surface area (Å²) in [5, 5.41) is 0. The van der Waals surface area contributed by atoms with Gasteiger partial charge in [0.2, 0.25) is 12.7 Å². The summed E-state index contributed by atoms with van der Waals surface area (Å²) in [5.41, 5.74) is 2.39. The van der Waals surface area contributed by atoms with Crippen LogP contribution in [-0.4, -0.2) is 69.5 Å². The zero-order valence-corrected chi connectivity index (χ0v) is 21.3. The number of carbonyl (C=O) groups is 1. The molecule has 2 aromatic rings. The highest BCUT2D eigenvalue weighted by Crippen LogP contribution is 2.35. The molecule has 1 saturated heterocycles. The van der Waals surface area contributed by atoms with E-state index in [-0.39, 0.29) is 12.7 Å². The molecule has 3 heterocycles. The van der Waals surface area contributed by atoms with Crippen LogP contribution in [0.2, 0.25) is 0 Å². The molecule has 0 bridgehead atoms. The number of likely N-dealkylation sites (tertiary alicyclic amines) is 1. The number of benzene rings is 2. The molecule has 5 rings (SSSR count). The summed E-state index contributed by atoms with van der Waals surface area (Å²) < 4.78 is 27.6. The van der Waals surface area contributed by atoms with Crippen LogP contribution >= 0.6 is 0 Å². The Balaban J connectivity index is 1.01. The molecule has 1 fully saturated rings. The van der Waals surface area contributed by atoms with Gasteiger partial charge in [-0.05, 0) is 80.1 Å². The highest BCUT2D eigenvalue weighted by atomic mass is 16.7. The van der Waals surface area contributed by atoms with Crippen molar-refractivity contribution in [3.05, 3.63) is 41.5 Å². The third kappa shape index (κ3) is 5.64. The number of hydrogen-bond acceptors (Lipinski definition) is 7. The Bertz CT molecular complexity index is 1070. The summed E-state index contributed by atoms with van der Waals surface area (Å²) in [6, 6.07) is 9.78. The molecule has 0 radical (unpaired) electrons. The van der Waals surface area contributed by atoms with E-state index in [0.29, 0.717) is 25.5 Å². The van der Waals surface area contributed by atoms with E-state index in [4.69, 9.17) is 23.7 Å². The van der Waals surface area contributed by atoms with E-state index in [1.54, 1.807) is 14.2 Å². The number of fused-ring (bicyclic) bond motifs is 2. The van der Waals surface area contributed by atoms with Crippen LogP contribution in [-0.2, 0) is 17.8 Å². The van der Waals surface area contributed by atoms with Crippen LogP contribution in [0.15, 0.2) is 30.3 Å². The number of hydrogen-bond donors (Lipinski definition) is 0. The lowest BCUT2D eigenvalue weighted by Crippen LogP contribution is -2.40. The Labute approximate surface area is 213 Å². The van der Waals surface area contributed by atoms with E-state index in [9.17, 15) is 4.79 Å². The quantitative estimate of drug-likeness (QED) is 0.522. The Kier molecular flexibility index (Phi) is 7.70. The summed E-state index contributed by atoms with van der Waals surface area (Å²) in [5.74, 6) is 4.72. The van der Waals surface area contributed by atoms with Gasteiger partial charge in [0.15, 0.2) is 23.0 Å². The molecule has 194 valence electrons. The van der Waals surface area contributed by atoms with Gasteiger partial charge in [0, 0.05) is 32.1 Å². The number of methoxy groups -OCH3 is 2. The average Bonchev–Trinajstić information content (AvgIpc) is 3.39. The molecule has 0 aliphatic carbocycles. The minimum Gasteiger partial charge on any atom is -0.493 e. The molecule has 2 aromatic carbocycles. The van der Waals surface area contributed by atoms with Crippen LogP contribution in [0.1, 0.15) is 36.8 Å². The number of piperidine rings is 1. The molecule has 8 heteroatoms. The van der Waals surface area contributed by atoms with E-state index < -0.39 is 0 Å². The fourth-order valence-electron chi connectivity index (χ4n) is 5.32. The number of carbonyl (C=O) groups excluding carboxylic acids is 1. The third-order valence-corrected chi connectivity index (χ3v) is 7.56. The standard InChI is InChI=1S/C28H36N2O6/c1-32-25-15-21-7-13-30(18-22(21)16-26(25)33-2)28(31)8-12-29-10-5-20(6-11-29)9-14-34-23-3-4-24-27(17-23)36-19-35-24/h3-4,15-17,20H,5-14,18-19H2,1-2H3. The van der Waals surface area contributed by atoms with Crippen molar-refractivity contribution in [2.24, 2.45) is 5.92 Å². The first-order valence-electron chi connectivity index (χ1n) is 12.9. The zero-order valence-electron chi connectivity index (χ0n) is 21.3. The summed E-state index contributed by atoms with van der Waals surface area (Å²) in [4.78, 5) is 17.4. The molecule has 0 atom stereocenters. The first kappa shape index (κ1) is 24.6. The van der Waals surface area contributed by atoms with Gasteiger partial charge in [-0.1, -0.05) is 0 Å². The second-order valence-electron chi connectivity index (χ2n) is 9.73. The second kappa shape index (κ2) is 11.3. The smallest absolute Gasteiger partial charge is 0.231 e. The molecular weight excluding hydrogens is 460 g/mol. The van der Waals surface area contributed by atoms with Gasteiger partial charge in [-0.3, -0.25) is 4.79 Å². The maximum atomic E-state index is 12.9. The van der Waals surface area contributed by atoms with E-state index >= 15 is 0 Å². The van der Waals surface area contributed by atoms with Crippen LogP contribution in [0.5, 0.6) is 28.7 Å². The third-order valence-electron chi connectivity index (χ3n) is 7.56. The van der Waals surface area contributed by atoms with Crippen LogP contribution < -0.4 is 23.7 Å². The maximum absolute atomic E-state index is 12.9. The lowest BCUT2D eigenvalue weighted by Gasteiger charge is -2.33. The van der Waals surface area contributed by atoms with E-state index in [0.717, 1.165) is 86.2 Å². The maximum Gasteiger partial charge on any atom is 0.231 e. The molecule has 0 aromatic heterocycles. The van der Waals surface area contributed by atoms with Gasteiger partial charge in [0.25, 0.3) is 0 Å². The van der Waals surface area contributed by atoms with E-state index in [1.165, 1.54) is 5.56 Å².